The van der Waals surface area contributed by atoms with Crippen LogP contribution in [0.4, 0.5) is 5.69 Å². The Morgan fingerprint density at radius 2 is 1.92 bits per heavy atom. The quantitative estimate of drug-likeness (QED) is 0.403. The number of ketones is 1. The van der Waals surface area contributed by atoms with Crippen molar-refractivity contribution < 1.29 is 24.2 Å². The molecule has 0 spiro atoms. The summed E-state index contributed by atoms with van der Waals surface area (Å²) in [6.45, 7) is 7.48. The topological polar surface area (TPSA) is 116 Å². The van der Waals surface area contributed by atoms with Crippen LogP contribution >= 0.6 is 17.0 Å². The van der Waals surface area contributed by atoms with Crippen LogP contribution in [0.5, 0.6) is 5.75 Å². The zero-order valence-electron chi connectivity index (χ0n) is 23.0. The Morgan fingerprint density at radius 1 is 1.18 bits per heavy atom. The molecule has 1 atom stereocenters. The number of hydrogen-bond donors (Lipinski definition) is 2. The summed E-state index contributed by atoms with van der Waals surface area (Å²) in [4.78, 5) is 33.7. The fourth-order valence-corrected chi connectivity index (χ4v) is 5.27. The largest absolute Gasteiger partial charge is 0.479 e. The average Bonchev–Trinajstić information content (AvgIpc) is 3.54. The molecule has 5 rings (SSSR count). The number of carboxylic acids is 1. The number of pyridine rings is 1. The number of carbonyl (C=O) groups excluding carboxylic acids is 1. The maximum atomic E-state index is 13.7. The molecule has 1 aliphatic carbocycles. The van der Waals surface area contributed by atoms with Crippen molar-refractivity contribution in [1.82, 2.24) is 9.88 Å². The summed E-state index contributed by atoms with van der Waals surface area (Å²) in [7, 11) is 1.68. The van der Waals surface area contributed by atoms with Crippen LogP contribution in [0.15, 0.2) is 24.3 Å². The first kappa shape index (κ1) is 29.0. The van der Waals surface area contributed by atoms with Crippen molar-refractivity contribution in [3.8, 4) is 5.75 Å². The molecule has 2 aromatic rings. The molecule has 1 unspecified atom stereocenters. The number of ether oxygens (including phenoxy) is 2. The number of Topliss-reactive ketones (excluding diaryl/α,β-unsaturated/α-hetero) is 1. The number of aromatic nitrogens is 1. The van der Waals surface area contributed by atoms with E-state index in [2.05, 4.69) is 11.0 Å². The number of fused-ring (bicyclic) bond motifs is 1. The van der Waals surface area contributed by atoms with Gasteiger partial charge in [-0.25, -0.2) is 9.78 Å². The Hall–Kier alpha value is -2.98. The van der Waals surface area contributed by atoms with Gasteiger partial charge < -0.3 is 24.4 Å². The third-order valence-corrected chi connectivity index (χ3v) is 7.59. The molecule has 2 N–H and O–H groups in total. The van der Waals surface area contributed by atoms with Gasteiger partial charge in [-0.1, -0.05) is 26.8 Å². The Morgan fingerprint density at radius 3 is 2.54 bits per heavy atom. The molecule has 3 heterocycles. The summed E-state index contributed by atoms with van der Waals surface area (Å²) in [5.74, 6) is 0.118. The minimum Gasteiger partial charge on any atom is -0.479 e. The highest BCUT2D eigenvalue weighted by Crippen LogP contribution is 2.42. The first-order chi connectivity index (χ1) is 18.0. The molecule has 210 valence electrons. The van der Waals surface area contributed by atoms with E-state index in [4.69, 9.17) is 19.9 Å². The van der Waals surface area contributed by atoms with Crippen LogP contribution in [0.3, 0.4) is 0 Å². The van der Waals surface area contributed by atoms with Crippen molar-refractivity contribution in [1.29, 1.82) is 5.41 Å². The van der Waals surface area contributed by atoms with Crippen LogP contribution in [0.1, 0.15) is 78.8 Å². The standard InChI is InChI=1S/C29H36N4O5.BrH/c1-29(2,3)21-11-19(12-23(27(21)38-16-25(35)36)32-10-9-20(14-32)37-4)24(34)15-33-13-18-7-8-22(17-5-6-17)31-26(18)28(33)30;/h7-8,11-12,17,20,30H,5-6,9-10,13-16H2,1-4H3,(H,35,36);1H. The minimum atomic E-state index is -1.06. The van der Waals surface area contributed by atoms with Gasteiger partial charge in [-0.15, -0.1) is 17.0 Å². The SMILES string of the molecule is Br.COC1CCN(c2cc(C(=O)CN3Cc4ccc(C5CC5)nc4C3=N)cc(C(C)(C)C)c2OCC(=O)O)C1. The molecule has 3 aliphatic rings. The number of benzene rings is 1. The number of halogens is 1. The number of carbonyl (C=O) groups is 2. The maximum absolute atomic E-state index is 13.7. The lowest BCUT2D eigenvalue weighted by Crippen LogP contribution is -2.31. The summed E-state index contributed by atoms with van der Waals surface area (Å²) in [5.41, 5.74) is 4.29. The number of nitrogens with one attached hydrogen (secondary N) is 1. The molecule has 39 heavy (non-hydrogen) atoms. The normalized spacial score (nSPS) is 18.7. The summed E-state index contributed by atoms with van der Waals surface area (Å²) in [6.07, 6.45) is 3.18. The lowest BCUT2D eigenvalue weighted by atomic mass is 9.84. The fraction of sp³-hybridized carbons (Fsp3) is 0.517. The van der Waals surface area contributed by atoms with Gasteiger partial charge in [-0.2, -0.15) is 0 Å². The molecule has 1 aromatic heterocycles. The van der Waals surface area contributed by atoms with E-state index in [1.165, 1.54) is 0 Å². The number of methoxy groups -OCH3 is 1. The highest BCUT2D eigenvalue weighted by molar-refractivity contribution is 8.93. The highest BCUT2D eigenvalue weighted by Gasteiger charge is 2.33. The highest BCUT2D eigenvalue weighted by atomic mass is 79.9. The van der Waals surface area contributed by atoms with E-state index in [1.807, 2.05) is 39.0 Å². The number of nitrogens with zero attached hydrogens (tertiary/aromatic N) is 3. The van der Waals surface area contributed by atoms with Crippen LogP contribution < -0.4 is 9.64 Å². The van der Waals surface area contributed by atoms with Crippen molar-refractivity contribution in [2.24, 2.45) is 0 Å². The number of aliphatic carboxylic acids is 1. The van der Waals surface area contributed by atoms with Crippen molar-refractivity contribution in [2.75, 3.05) is 38.3 Å². The third-order valence-electron chi connectivity index (χ3n) is 7.59. The van der Waals surface area contributed by atoms with Gasteiger partial charge in [-0.3, -0.25) is 10.2 Å². The van der Waals surface area contributed by atoms with E-state index in [0.29, 0.717) is 48.2 Å². The van der Waals surface area contributed by atoms with Gasteiger partial charge in [0.2, 0.25) is 0 Å². The summed E-state index contributed by atoms with van der Waals surface area (Å²) in [6, 6.07) is 7.72. The maximum Gasteiger partial charge on any atom is 0.341 e. The van der Waals surface area contributed by atoms with Crippen molar-refractivity contribution in [2.45, 2.75) is 64.0 Å². The van der Waals surface area contributed by atoms with Gasteiger partial charge in [-0.05, 0) is 42.9 Å². The van der Waals surface area contributed by atoms with Crippen LogP contribution in [-0.4, -0.2) is 72.0 Å². The molecule has 2 fully saturated rings. The van der Waals surface area contributed by atoms with Crippen LogP contribution in [0.2, 0.25) is 0 Å². The van der Waals surface area contributed by atoms with Crippen molar-refractivity contribution in [3.63, 3.8) is 0 Å². The van der Waals surface area contributed by atoms with E-state index < -0.39 is 18.0 Å². The Balaban J connectivity index is 0.00000353. The van der Waals surface area contributed by atoms with Gasteiger partial charge in [0.25, 0.3) is 0 Å². The third kappa shape index (κ3) is 6.11. The molecule has 0 amide bonds. The lowest BCUT2D eigenvalue weighted by molar-refractivity contribution is -0.139. The van der Waals surface area contributed by atoms with Crippen LogP contribution in [-0.2, 0) is 21.5 Å². The molecule has 2 aliphatic heterocycles. The molecule has 0 radical (unpaired) electrons. The molecule has 10 heteroatoms. The van der Waals surface area contributed by atoms with E-state index in [1.54, 1.807) is 12.0 Å². The summed E-state index contributed by atoms with van der Waals surface area (Å²) >= 11 is 0. The number of amidine groups is 1. The van der Waals surface area contributed by atoms with Gasteiger partial charge >= 0.3 is 5.97 Å². The van der Waals surface area contributed by atoms with E-state index in [0.717, 1.165) is 36.1 Å². The summed E-state index contributed by atoms with van der Waals surface area (Å²) < 4.78 is 11.4. The lowest BCUT2D eigenvalue weighted by Gasteiger charge is -2.29. The van der Waals surface area contributed by atoms with Crippen molar-refractivity contribution >= 4 is 40.3 Å². The number of rotatable bonds is 9. The average molecular weight is 602 g/mol. The van der Waals surface area contributed by atoms with Gasteiger partial charge in [0.05, 0.1) is 18.3 Å². The number of anilines is 1. The predicted octanol–water partition coefficient (Wildman–Crippen LogP) is 4.55. The molecule has 0 bridgehead atoms. The fourth-order valence-electron chi connectivity index (χ4n) is 5.27. The Labute approximate surface area is 239 Å². The number of carboxylic acid groups (broad SMARTS) is 1. The summed E-state index contributed by atoms with van der Waals surface area (Å²) in [5, 5.41) is 18.0. The zero-order valence-corrected chi connectivity index (χ0v) is 24.7. The van der Waals surface area contributed by atoms with Crippen LogP contribution in [0, 0.1) is 5.41 Å². The second-order valence-electron chi connectivity index (χ2n) is 11.5. The second kappa shape index (κ2) is 11.3. The van der Waals surface area contributed by atoms with Gasteiger partial charge in [0, 0.05) is 55.0 Å². The van der Waals surface area contributed by atoms with E-state index in [-0.39, 0.29) is 41.2 Å². The first-order valence-electron chi connectivity index (χ1n) is 13.2. The van der Waals surface area contributed by atoms with Crippen molar-refractivity contribution in [3.05, 3.63) is 52.3 Å². The first-order valence-corrected chi connectivity index (χ1v) is 13.2. The molecular weight excluding hydrogens is 564 g/mol. The predicted molar refractivity (Wildman–Crippen MR) is 154 cm³/mol. The number of hydrogen-bond acceptors (Lipinski definition) is 7. The zero-order chi connectivity index (χ0) is 27.2. The van der Waals surface area contributed by atoms with E-state index in [9.17, 15) is 14.7 Å². The molecular formula is C29H37BrN4O5. The molecule has 1 aromatic carbocycles. The monoisotopic (exact) mass is 600 g/mol. The Bertz CT molecular complexity index is 1290. The second-order valence-corrected chi connectivity index (χ2v) is 11.5. The minimum absolute atomic E-state index is 0. The van der Waals surface area contributed by atoms with Gasteiger partial charge in [0.15, 0.2) is 12.4 Å². The van der Waals surface area contributed by atoms with Gasteiger partial charge in [0.1, 0.15) is 17.3 Å². The van der Waals surface area contributed by atoms with Crippen LogP contribution in [0.25, 0.3) is 0 Å². The van der Waals surface area contributed by atoms with E-state index >= 15 is 0 Å². The molecule has 9 nitrogen and oxygen atoms in total. The smallest absolute Gasteiger partial charge is 0.341 e. The molecule has 1 saturated heterocycles. The molecule has 1 saturated carbocycles. The Kier molecular flexibility index (Phi) is 8.37.